The largest absolute Gasteiger partial charge is 0.144 e. The average molecular weight is 242 g/mol. The molecule has 0 unspecified atom stereocenters. The molecule has 0 aromatic rings. The molecule has 0 aliphatic carbocycles. The minimum absolute atomic E-state index is 0.0290. The van der Waals surface area contributed by atoms with Crippen LogP contribution in [0.15, 0.2) is 9.15 Å². The molecule has 6 heteroatoms. The maximum Gasteiger partial charge on any atom is 0.144 e. The van der Waals surface area contributed by atoms with Gasteiger partial charge >= 0.3 is 0 Å². The SMILES string of the molecule is ClC(Cl)=C(Cl)[Si]C(Cl)Cl. The second kappa shape index (κ2) is 5.11. The minimum Gasteiger partial charge on any atom is -0.109 e. The normalized spacial score (nSPS) is 10.0. The van der Waals surface area contributed by atoms with Gasteiger partial charge in [0.1, 0.15) is 14.0 Å². The number of hydrogen-bond acceptors (Lipinski definition) is 0. The molecule has 0 aromatic heterocycles. The molecule has 0 aromatic carbocycles. The van der Waals surface area contributed by atoms with E-state index in [2.05, 4.69) is 0 Å². The highest BCUT2D eigenvalue weighted by Gasteiger charge is 2.06. The van der Waals surface area contributed by atoms with E-state index < -0.39 is 4.46 Å². The van der Waals surface area contributed by atoms with Crippen LogP contribution in [0.2, 0.25) is 0 Å². The van der Waals surface area contributed by atoms with Gasteiger partial charge in [0, 0.05) is 4.66 Å². The summed E-state index contributed by atoms with van der Waals surface area (Å²) in [6.45, 7) is 0. The molecule has 2 radical (unpaired) electrons. The minimum atomic E-state index is -0.523. The summed E-state index contributed by atoms with van der Waals surface area (Å²) < 4.78 is -0.181. The summed E-state index contributed by atoms with van der Waals surface area (Å²) in [5.41, 5.74) is 0. The van der Waals surface area contributed by atoms with Crippen LogP contribution >= 0.6 is 58.0 Å². The van der Waals surface area contributed by atoms with E-state index in [0.717, 1.165) is 0 Å². The molecule has 0 rings (SSSR count). The topological polar surface area (TPSA) is 0 Å². The molecule has 52 valence electrons. The molecule has 0 aliphatic heterocycles. The van der Waals surface area contributed by atoms with Crippen molar-refractivity contribution in [3.63, 3.8) is 0 Å². The third-order valence-electron chi connectivity index (χ3n) is 0.402. The molecule has 0 heterocycles. The standard InChI is InChI=1S/C3HCl5Si/c4-1(5)2(6)9-3(7)8/h3H. The van der Waals surface area contributed by atoms with Crippen LogP contribution in [0, 0.1) is 0 Å². The molecular formula is C3HCl5Si. The van der Waals surface area contributed by atoms with Crippen molar-refractivity contribution in [2.75, 3.05) is 0 Å². The lowest BCUT2D eigenvalue weighted by Crippen LogP contribution is -2.01. The number of halogens is 5. The molecule has 9 heavy (non-hydrogen) atoms. The maximum atomic E-state index is 5.47. The zero-order chi connectivity index (χ0) is 7.44. The molecule has 0 spiro atoms. The predicted octanol–water partition coefficient (Wildman–Crippen LogP) is 3.29. The van der Waals surface area contributed by atoms with Gasteiger partial charge in [0.2, 0.25) is 0 Å². The van der Waals surface area contributed by atoms with E-state index in [1.54, 1.807) is 0 Å². The Morgan fingerprint density at radius 1 is 1.11 bits per heavy atom. The second-order valence-electron chi connectivity index (χ2n) is 1.02. The van der Waals surface area contributed by atoms with Gasteiger partial charge in [-0.25, -0.2) is 0 Å². The molecule has 0 saturated carbocycles. The van der Waals surface area contributed by atoms with Crippen LogP contribution in [-0.4, -0.2) is 14.0 Å². The highest BCUT2D eigenvalue weighted by Crippen LogP contribution is 2.19. The Bertz CT molecular complexity index is 115. The van der Waals surface area contributed by atoms with Crippen LogP contribution < -0.4 is 0 Å². The zero-order valence-electron chi connectivity index (χ0n) is 3.97. The Labute approximate surface area is 80.9 Å². The summed E-state index contributed by atoms with van der Waals surface area (Å²) in [6.07, 6.45) is 0. The van der Waals surface area contributed by atoms with E-state index in [4.69, 9.17) is 58.0 Å². The Kier molecular flexibility index (Phi) is 5.91. The lowest BCUT2D eigenvalue weighted by atomic mass is 11.2. The van der Waals surface area contributed by atoms with Gasteiger partial charge in [0.15, 0.2) is 0 Å². The van der Waals surface area contributed by atoms with Crippen molar-refractivity contribution in [2.24, 2.45) is 0 Å². The van der Waals surface area contributed by atoms with Crippen molar-refractivity contribution in [2.45, 2.75) is 4.46 Å². The van der Waals surface area contributed by atoms with Crippen LogP contribution in [-0.2, 0) is 0 Å². The summed E-state index contributed by atoms with van der Waals surface area (Å²) >= 11 is 26.7. The van der Waals surface area contributed by atoms with Gasteiger partial charge in [-0.05, 0) is 0 Å². The number of hydrogen-bond donors (Lipinski definition) is 0. The molecule has 0 N–H and O–H groups in total. The lowest BCUT2D eigenvalue weighted by Gasteiger charge is -1.95. The van der Waals surface area contributed by atoms with E-state index in [0.29, 0.717) is 4.66 Å². The Morgan fingerprint density at radius 3 is 1.67 bits per heavy atom. The lowest BCUT2D eigenvalue weighted by molar-refractivity contribution is 1.87. The molecule has 0 amide bonds. The first kappa shape index (κ1) is 10.4. The van der Waals surface area contributed by atoms with E-state index >= 15 is 0 Å². The number of rotatable bonds is 2. The Morgan fingerprint density at radius 2 is 1.56 bits per heavy atom. The summed E-state index contributed by atoms with van der Waals surface area (Å²) in [5, 5.41) is 0. The fourth-order valence-corrected chi connectivity index (χ4v) is 2.10. The van der Waals surface area contributed by atoms with Gasteiger partial charge in [0.05, 0.1) is 4.46 Å². The maximum absolute atomic E-state index is 5.47. The van der Waals surface area contributed by atoms with Crippen molar-refractivity contribution < 1.29 is 0 Å². The van der Waals surface area contributed by atoms with Gasteiger partial charge in [-0.3, -0.25) is 0 Å². The van der Waals surface area contributed by atoms with Crippen LogP contribution in [0.3, 0.4) is 0 Å². The van der Waals surface area contributed by atoms with E-state index in [9.17, 15) is 0 Å². The van der Waals surface area contributed by atoms with Gasteiger partial charge in [-0.15, -0.1) is 23.2 Å². The molecule has 0 bridgehead atoms. The highest BCUT2D eigenvalue weighted by atomic mass is 35.5. The Balaban J connectivity index is 3.77. The third kappa shape index (κ3) is 5.83. The molecule has 0 atom stereocenters. The quantitative estimate of drug-likeness (QED) is 0.515. The van der Waals surface area contributed by atoms with Gasteiger partial charge in [-0.1, -0.05) is 34.8 Å². The predicted molar refractivity (Wildman–Crippen MR) is 45.8 cm³/mol. The van der Waals surface area contributed by atoms with E-state index in [1.165, 1.54) is 0 Å². The fraction of sp³-hybridized carbons (Fsp3) is 0.333. The first-order valence-corrected chi connectivity index (χ1v) is 4.88. The average Bonchev–Trinajstić information content (AvgIpc) is 1.63. The summed E-state index contributed by atoms with van der Waals surface area (Å²) in [5.74, 6) is 0. The highest BCUT2D eigenvalue weighted by molar-refractivity contribution is 6.81. The molecular weight excluding hydrogens is 241 g/mol. The summed E-state index contributed by atoms with van der Waals surface area (Å²) in [7, 11) is 0.0548. The first-order chi connectivity index (χ1) is 4.04. The third-order valence-corrected chi connectivity index (χ3v) is 3.18. The molecule has 0 nitrogen and oxygen atoms in total. The van der Waals surface area contributed by atoms with E-state index in [1.807, 2.05) is 0 Å². The van der Waals surface area contributed by atoms with Gasteiger partial charge in [0.25, 0.3) is 0 Å². The van der Waals surface area contributed by atoms with Crippen molar-refractivity contribution in [3.05, 3.63) is 9.15 Å². The smallest absolute Gasteiger partial charge is 0.109 e. The summed E-state index contributed by atoms with van der Waals surface area (Å²) in [6, 6.07) is 0. The fourth-order valence-electron chi connectivity index (χ4n) is 0.150. The van der Waals surface area contributed by atoms with Crippen molar-refractivity contribution in [1.29, 1.82) is 0 Å². The first-order valence-electron chi connectivity index (χ1n) is 1.79. The van der Waals surface area contributed by atoms with Crippen LogP contribution in [0.25, 0.3) is 0 Å². The van der Waals surface area contributed by atoms with Crippen molar-refractivity contribution in [3.8, 4) is 0 Å². The number of alkyl halides is 2. The zero-order valence-corrected chi connectivity index (χ0v) is 8.75. The Hall–Kier alpha value is 1.41. The van der Waals surface area contributed by atoms with Crippen LogP contribution in [0.4, 0.5) is 0 Å². The second-order valence-corrected chi connectivity index (χ2v) is 5.86. The monoisotopic (exact) mass is 240 g/mol. The molecule has 0 saturated heterocycles. The van der Waals surface area contributed by atoms with Crippen molar-refractivity contribution in [1.82, 2.24) is 0 Å². The van der Waals surface area contributed by atoms with Gasteiger partial charge < -0.3 is 0 Å². The van der Waals surface area contributed by atoms with E-state index in [-0.39, 0.29) is 14.0 Å². The van der Waals surface area contributed by atoms with Crippen LogP contribution in [0.5, 0.6) is 0 Å². The molecule has 0 fully saturated rings. The van der Waals surface area contributed by atoms with Crippen molar-refractivity contribution >= 4 is 67.5 Å². The molecule has 0 aliphatic rings. The summed E-state index contributed by atoms with van der Waals surface area (Å²) in [4.78, 5) is 0. The van der Waals surface area contributed by atoms with Gasteiger partial charge in [-0.2, -0.15) is 0 Å². The van der Waals surface area contributed by atoms with Crippen LogP contribution in [0.1, 0.15) is 0 Å².